The van der Waals surface area contributed by atoms with Gasteiger partial charge in [0.05, 0.1) is 19.1 Å². The van der Waals surface area contributed by atoms with Crippen molar-refractivity contribution in [1.29, 1.82) is 0 Å². The van der Waals surface area contributed by atoms with Crippen LogP contribution in [0.5, 0.6) is 11.5 Å². The molecule has 0 bridgehead atoms. The molecule has 0 spiro atoms. The van der Waals surface area contributed by atoms with Crippen LogP contribution in [0, 0.1) is 5.82 Å². The monoisotopic (exact) mass is 294 g/mol. The zero-order chi connectivity index (χ0) is 14.5. The molecule has 1 atom stereocenters. The fraction of sp³-hybridized carbons (Fsp3) is 0.250. The third-order valence-corrected chi connectivity index (χ3v) is 3.44. The first-order chi connectivity index (χ1) is 9.65. The van der Waals surface area contributed by atoms with Crippen LogP contribution < -0.4 is 9.47 Å². The molecule has 2 nitrogen and oxygen atoms in total. The standard InChI is InChI=1S/C16H16ClFO2/c1-3-20-13-7-4-11(5-8-13)16(17)14-10-12(18)6-9-15(14)19-2/h4-10,16H,3H2,1-2H3. The fourth-order valence-electron chi connectivity index (χ4n) is 1.98. The summed E-state index contributed by atoms with van der Waals surface area (Å²) in [5.74, 6) is 1.02. The third-order valence-electron chi connectivity index (χ3n) is 2.95. The minimum absolute atomic E-state index is 0.336. The summed E-state index contributed by atoms with van der Waals surface area (Å²) < 4.78 is 24.0. The molecule has 0 saturated carbocycles. The van der Waals surface area contributed by atoms with Crippen molar-refractivity contribution in [2.45, 2.75) is 12.3 Å². The largest absolute Gasteiger partial charge is 0.496 e. The van der Waals surface area contributed by atoms with Crippen LogP contribution in [-0.2, 0) is 0 Å². The van der Waals surface area contributed by atoms with E-state index >= 15 is 0 Å². The van der Waals surface area contributed by atoms with Crippen LogP contribution >= 0.6 is 11.6 Å². The molecule has 0 saturated heterocycles. The Labute approximate surface area is 123 Å². The molecule has 0 aromatic heterocycles. The number of methoxy groups -OCH3 is 1. The normalized spacial score (nSPS) is 12.0. The predicted molar refractivity (Wildman–Crippen MR) is 78.3 cm³/mol. The number of rotatable bonds is 5. The Morgan fingerprint density at radius 3 is 2.45 bits per heavy atom. The summed E-state index contributed by atoms with van der Waals surface area (Å²) >= 11 is 6.43. The van der Waals surface area contributed by atoms with Gasteiger partial charge in [-0.2, -0.15) is 0 Å². The van der Waals surface area contributed by atoms with Crippen LogP contribution in [0.4, 0.5) is 4.39 Å². The molecule has 0 aliphatic heterocycles. The van der Waals surface area contributed by atoms with Crippen molar-refractivity contribution in [2.75, 3.05) is 13.7 Å². The summed E-state index contributed by atoms with van der Waals surface area (Å²) in [7, 11) is 1.54. The van der Waals surface area contributed by atoms with E-state index in [1.165, 1.54) is 12.1 Å². The van der Waals surface area contributed by atoms with Crippen LogP contribution in [0.1, 0.15) is 23.4 Å². The summed E-state index contributed by atoms with van der Waals surface area (Å²) in [6.07, 6.45) is 0. The second-order valence-electron chi connectivity index (χ2n) is 4.25. The lowest BCUT2D eigenvalue weighted by molar-refractivity contribution is 0.340. The zero-order valence-electron chi connectivity index (χ0n) is 11.4. The second-order valence-corrected chi connectivity index (χ2v) is 4.69. The number of hydrogen-bond acceptors (Lipinski definition) is 2. The molecule has 0 aliphatic carbocycles. The lowest BCUT2D eigenvalue weighted by Gasteiger charge is -2.15. The number of benzene rings is 2. The Kier molecular flexibility index (Phi) is 4.85. The molecule has 106 valence electrons. The van der Waals surface area contributed by atoms with Gasteiger partial charge < -0.3 is 9.47 Å². The molecule has 20 heavy (non-hydrogen) atoms. The molecule has 0 fully saturated rings. The highest BCUT2D eigenvalue weighted by molar-refractivity contribution is 6.22. The molecule has 1 unspecified atom stereocenters. The van der Waals surface area contributed by atoms with Gasteiger partial charge in [-0.1, -0.05) is 12.1 Å². The third kappa shape index (κ3) is 3.23. The highest BCUT2D eigenvalue weighted by Gasteiger charge is 2.16. The second kappa shape index (κ2) is 6.62. The average Bonchev–Trinajstić information content (AvgIpc) is 2.47. The molecule has 0 N–H and O–H groups in total. The SMILES string of the molecule is CCOc1ccc(C(Cl)c2cc(F)ccc2OC)cc1. The van der Waals surface area contributed by atoms with Crippen molar-refractivity contribution in [3.05, 3.63) is 59.4 Å². The van der Waals surface area contributed by atoms with Crippen molar-refractivity contribution >= 4 is 11.6 Å². The maximum atomic E-state index is 13.4. The fourth-order valence-corrected chi connectivity index (χ4v) is 2.30. The van der Waals surface area contributed by atoms with E-state index in [1.807, 2.05) is 31.2 Å². The van der Waals surface area contributed by atoms with Crippen LogP contribution in [0.25, 0.3) is 0 Å². The summed E-state index contributed by atoms with van der Waals surface area (Å²) in [6.45, 7) is 2.54. The van der Waals surface area contributed by atoms with Gasteiger partial charge >= 0.3 is 0 Å². The Bertz CT molecular complexity index is 569. The highest BCUT2D eigenvalue weighted by atomic mass is 35.5. The van der Waals surface area contributed by atoms with Crippen molar-refractivity contribution < 1.29 is 13.9 Å². The van der Waals surface area contributed by atoms with E-state index in [-0.39, 0.29) is 5.82 Å². The van der Waals surface area contributed by atoms with E-state index in [2.05, 4.69) is 0 Å². The molecular weight excluding hydrogens is 279 g/mol. The number of hydrogen-bond donors (Lipinski definition) is 0. The van der Waals surface area contributed by atoms with Gasteiger partial charge in [-0.25, -0.2) is 4.39 Å². The van der Waals surface area contributed by atoms with Crippen LogP contribution in [-0.4, -0.2) is 13.7 Å². The molecule has 0 radical (unpaired) electrons. The molecular formula is C16H16ClFO2. The van der Waals surface area contributed by atoms with Gasteiger partial charge in [-0.15, -0.1) is 11.6 Å². The van der Waals surface area contributed by atoms with Gasteiger partial charge in [0.2, 0.25) is 0 Å². The van der Waals surface area contributed by atoms with Gasteiger partial charge in [0.25, 0.3) is 0 Å². The van der Waals surface area contributed by atoms with Gasteiger partial charge in [0.1, 0.15) is 17.3 Å². The first kappa shape index (κ1) is 14.7. The van der Waals surface area contributed by atoms with E-state index in [4.69, 9.17) is 21.1 Å². The lowest BCUT2D eigenvalue weighted by Crippen LogP contribution is -1.99. The lowest BCUT2D eigenvalue weighted by atomic mass is 10.0. The van der Waals surface area contributed by atoms with E-state index in [0.29, 0.717) is 17.9 Å². The topological polar surface area (TPSA) is 18.5 Å². The first-order valence-corrected chi connectivity index (χ1v) is 6.79. The smallest absolute Gasteiger partial charge is 0.124 e. The van der Waals surface area contributed by atoms with Crippen molar-refractivity contribution in [3.8, 4) is 11.5 Å². The number of ether oxygens (including phenoxy) is 2. The molecule has 4 heteroatoms. The number of halogens is 2. The molecule has 2 aromatic carbocycles. The predicted octanol–water partition coefficient (Wildman–Crippen LogP) is 4.56. The van der Waals surface area contributed by atoms with E-state index in [9.17, 15) is 4.39 Å². The van der Waals surface area contributed by atoms with Gasteiger partial charge in [-0.05, 0) is 42.8 Å². The first-order valence-electron chi connectivity index (χ1n) is 6.36. The van der Waals surface area contributed by atoms with Gasteiger partial charge in [-0.3, -0.25) is 0 Å². The Balaban J connectivity index is 2.30. The summed E-state index contributed by atoms with van der Waals surface area (Å²) in [5, 5.41) is -0.476. The summed E-state index contributed by atoms with van der Waals surface area (Å²) in [5.41, 5.74) is 1.47. The van der Waals surface area contributed by atoms with Crippen LogP contribution in [0.2, 0.25) is 0 Å². The minimum atomic E-state index is -0.476. The average molecular weight is 295 g/mol. The summed E-state index contributed by atoms with van der Waals surface area (Å²) in [4.78, 5) is 0. The van der Waals surface area contributed by atoms with Gasteiger partial charge in [0, 0.05) is 5.56 Å². The van der Waals surface area contributed by atoms with Crippen molar-refractivity contribution in [1.82, 2.24) is 0 Å². The van der Waals surface area contributed by atoms with Crippen LogP contribution in [0.3, 0.4) is 0 Å². The number of alkyl halides is 1. The molecule has 0 aliphatic rings. The maximum Gasteiger partial charge on any atom is 0.124 e. The molecule has 0 amide bonds. The Hall–Kier alpha value is -1.74. The molecule has 0 heterocycles. The van der Waals surface area contributed by atoms with E-state index in [1.54, 1.807) is 13.2 Å². The maximum absolute atomic E-state index is 13.4. The van der Waals surface area contributed by atoms with E-state index in [0.717, 1.165) is 11.3 Å². The van der Waals surface area contributed by atoms with Gasteiger partial charge in [0.15, 0.2) is 0 Å². The quantitative estimate of drug-likeness (QED) is 0.753. The highest BCUT2D eigenvalue weighted by Crippen LogP contribution is 2.35. The summed E-state index contributed by atoms with van der Waals surface area (Å²) in [6, 6.07) is 11.8. The molecule has 2 aromatic rings. The Morgan fingerprint density at radius 1 is 1.15 bits per heavy atom. The Morgan fingerprint density at radius 2 is 1.85 bits per heavy atom. The van der Waals surface area contributed by atoms with Crippen molar-refractivity contribution in [3.63, 3.8) is 0 Å². The van der Waals surface area contributed by atoms with Crippen LogP contribution in [0.15, 0.2) is 42.5 Å². The molecule has 2 rings (SSSR count). The van der Waals surface area contributed by atoms with E-state index < -0.39 is 5.38 Å². The zero-order valence-corrected chi connectivity index (χ0v) is 12.2. The minimum Gasteiger partial charge on any atom is -0.496 e. The van der Waals surface area contributed by atoms with Crippen molar-refractivity contribution in [2.24, 2.45) is 0 Å².